The van der Waals surface area contributed by atoms with Crippen LogP contribution in [0.4, 0.5) is 5.69 Å². The molecular formula is C15H17ClN2O5. The topological polar surface area (TPSA) is 95.9 Å². The molecule has 1 aromatic rings. The van der Waals surface area contributed by atoms with Crippen LogP contribution in [0.1, 0.15) is 16.8 Å². The number of rotatable bonds is 5. The van der Waals surface area contributed by atoms with Gasteiger partial charge in [0, 0.05) is 19.1 Å². The lowest BCUT2D eigenvalue weighted by Gasteiger charge is -2.17. The number of amides is 2. The average molecular weight is 341 g/mol. The fraction of sp³-hybridized carbons (Fsp3) is 0.400. The van der Waals surface area contributed by atoms with Crippen LogP contribution in [0.25, 0.3) is 0 Å². The Morgan fingerprint density at radius 2 is 1.96 bits per heavy atom. The summed E-state index contributed by atoms with van der Waals surface area (Å²) in [4.78, 5) is 36.5. The molecule has 23 heavy (non-hydrogen) atoms. The Hall–Kier alpha value is -2.28. The van der Waals surface area contributed by atoms with Crippen molar-refractivity contribution in [3.8, 4) is 5.75 Å². The number of nitrogens with zero attached hydrogens (tertiary/aromatic N) is 1. The van der Waals surface area contributed by atoms with Crippen molar-refractivity contribution in [2.45, 2.75) is 6.42 Å². The summed E-state index contributed by atoms with van der Waals surface area (Å²) in [6.07, 6.45) is 0.299. The van der Waals surface area contributed by atoms with Crippen LogP contribution in [0, 0.1) is 11.8 Å². The number of ether oxygens (including phenoxy) is 1. The molecule has 8 heteroatoms. The van der Waals surface area contributed by atoms with Crippen molar-refractivity contribution >= 4 is 35.1 Å². The highest BCUT2D eigenvalue weighted by molar-refractivity contribution is 6.31. The molecule has 2 rings (SSSR count). The van der Waals surface area contributed by atoms with Crippen molar-refractivity contribution in [2.24, 2.45) is 11.8 Å². The van der Waals surface area contributed by atoms with Crippen LogP contribution in [0.2, 0.25) is 5.02 Å². The van der Waals surface area contributed by atoms with Crippen molar-refractivity contribution in [1.82, 2.24) is 4.90 Å². The Morgan fingerprint density at radius 1 is 1.30 bits per heavy atom. The molecule has 2 atom stereocenters. The summed E-state index contributed by atoms with van der Waals surface area (Å²) in [6.45, 7) is 0. The highest BCUT2D eigenvalue weighted by Crippen LogP contribution is 2.41. The SMILES string of the molecule is COc1c(NC(=O)[C@@H]2C[C@H]2C(=O)O)cc(Cl)cc1C(=O)N(C)C. The molecule has 1 aromatic carbocycles. The van der Waals surface area contributed by atoms with E-state index in [9.17, 15) is 14.4 Å². The molecule has 0 saturated heterocycles. The minimum absolute atomic E-state index is 0.189. The lowest BCUT2D eigenvalue weighted by Crippen LogP contribution is -2.23. The van der Waals surface area contributed by atoms with Gasteiger partial charge in [0.1, 0.15) is 0 Å². The maximum atomic E-state index is 12.2. The third-order valence-corrected chi connectivity index (χ3v) is 3.81. The first kappa shape index (κ1) is 17.1. The van der Waals surface area contributed by atoms with Crippen LogP contribution in [0.15, 0.2) is 12.1 Å². The van der Waals surface area contributed by atoms with Crippen molar-refractivity contribution in [2.75, 3.05) is 26.5 Å². The Balaban J connectivity index is 2.30. The van der Waals surface area contributed by atoms with E-state index in [0.717, 1.165) is 0 Å². The maximum Gasteiger partial charge on any atom is 0.307 e. The number of halogens is 1. The molecule has 0 heterocycles. The van der Waals surface area contributed by atoms with E-state index in [1.165, 1.54) is 24.1 Å². The first-order valence-electron chi connectivity index (χ1n) is 6.89. The molecular weight excluding hydrogens is 324 g/mol. The maximum absolute atomic E-state index is 12.2. The Kier molecular flexibility index (Phi) is 4.79. The molecule has 0 unspecified atom stereocenters. The number of carboxylic acid groups (broad SMARTS) is 1. The van der Waals surface area contributed by atoms with Crippen LogP contribution in [0.5, 0.6) is 5.75 Å². The minimum atomic E-state index is -0.994. The van der Waals surface area contributed by atoms with E-state index < -0.39 is 23.7 Å². The summed E-state index contributed by atoms with van der Waals surface area (Å²) in [5.41, 5.74) is 0.456. The van der Waals surface area contributed by atoms with Gasteiger partial charge >= 0.3 is 5.97 Å². The van der Waals surface area contributed by atoms with E-state index in [-0.39, 0.29) is 27.9 Å². The van der Waals surface area contributed by atoms with Crippen molar-refractivity contribution in [3.05, 3.63) is 22.7 Å². The summed E-state index contributed by atoms with van der Waals surface area (Å²) in [7, 11) is 4.55. The Labute approximate surface area is 138 Å². The molecule has 2 N–H and O–H groups in total. The predicted octanol–water partition coefficient (Wildman–Crippen LogP) is 1.71. The zero-order chi connectivity index (χ0) is 17.3. The largest absolute Gasteiger partial charge is 0.494 e. The van der Waals surface area contributed by atoms with Gasteiger partial charge < -0.3 is 20.1 Å². The fourth-order valence-electron chi connectivity index (χ4n) is 2.29. The lowest BCUT2D eigenvalue weighted by atomic mass is 10.1. The van der Waals surface area contributed by atoms with E-state index in [1.54, 1.807) is 14.1 Å². The standard InChI is InChI=1S/C15H17ClN2O5/c1-18(2)14(20)10-4-7(16)5-11(12(10)23-3)17-13(19)8-6-9(8)15(21)22/h4-5,8-9H,6H2,1-3H3,(H,17,19)(H,21,22)/t8-,9-/m1/s1. The number of carboxylic acids is 1. The zero-order valence-electron chi connectivity index (χ0n) is 12.9. The van der Waals surface area contributed by atoms with E-state index in [2.05, 4.69) is 5.32 Å². The summed E-state index contributed by atoms with van der Waals surface area (Å²) >= 11 is 6.01. The quantitative estimate of drug-likeness (QED) is 0.850. The molecule has 0 aliphatic heterocycles. The number of hydrogen-bond acceptors (Lipinski definition) is 4. The number of nitrogens with one attached hydrogen (secondary N) is 1. The van der Waals surface area contributed by atoms with Gasteiger partial charge in [-0.15, -0.1) is 0 Å². The normalized spacial score (nSPS) is 19.0. The highest BCUT2D eigenvalue weighted by atomic mass is 35.5. The number of hydrogen-bond donors (Lipinski definition) is 2. The number of methoxy groups -OCH3 is 1. The number of carbonyl (C=O) groups is 3. The molecule has 0 bridgehead atoms. The highest BCUT2D eigenvalue weighted by Gasteiger charge is 2.48. The molecule has 1 fully saturated rings. The fourth-order valence-corrected chi connectivity index (χ4v) is 2.51. The molecule has 0 spiro atoms. The second-order valence-electron chi connectivity index (χ2n) is 5.51. The summed E-state index contributed by atoms with van der Waals surface area (Å²) in [5, 5.41) is 11.7. The average Bonchev–Trinajstić information content (AvgIpc) is 3.26. The van der Waals surface area contributed by atoms with E-state index in [0.29, 0.717) is 6.42 Å². The van der Waals surface area contributed by atoms with Gasteiger partial charge in [0.05, 0.1) is 30.2 Å². The van der Waals surface area contributed by atoms with Gasteiger partial charge in [0.2, 0.25) is 5.91 Å². The van der Waals surface area contributed by atoms with Crippen LogP contribution >= 0.6 is 11.6 Å². The molecule has 2 amide bonds. The molecule has 0 aromatic heterocycles. The second kappa shape index (κ2) is 6.45. The molecule has 0 radical (unpaired) electrons. The van der Waals surface area contributed by atoms with Crippen LogP contribution in [0.3, 0.4) is 0 Å². The number of benzene rings is 1. The summed E-state index contributed by atoms with van der Waals surface area (Å²) < 4.78 is 5.24. The van der Waals surface area contributed by atoms with Gasteiger partial charge in [-0.05, 0) is 18.6 Å². The van der Waals surface area contributed by atoms with E-state index >= 15 is 0 Å². The number of anilines is 1. The second-order valence-corrected chi connectivity index (χ2v) is 5.95. The third kappa shape index (κ3) is 3.56. The van der Waals surface area contributed by atoms with E-state index in [4.69, 9.17) is 21.4 Å². The molecule has 1 aliphatic carbocycles. The Morgan fingerprint density at radius 3 is 2.43 bits per heavy atom. The van der Waals surface area contributed by atoms with Gasteiger partial charge in [0.25, 0.3) is 5.91 Å². The van der Waals surface area contributed by atoms with Gasteiger partial charge in [-0.25, -0.2) is 0 Å². The first-order chi connectivity index (χ1) is 10.8. The molecule has 1 saturated carbocycles. The number of carbonyl (C=O) groups excluding carboxylic acids is 2. The molecule has 7 nitrogen and oxygen atoms in total. The van der Waals surface area contributed by atoms with Gasteiger partial charge in [-0.3, -0.25) is 14.4 Å². The van der Waals surface area contributed by atoms with Gasteiger partial charge in [-0.2, -0.15) is 0 Å². The van der Waals surface area contributed by atoms with Gasteiger partial charge in [0.15, 0.2) is 5.75 Å². The minimum Gasteiger partial charge on any atom is -0.494 e. The molecule has 1 aliphatic rings. The smallest absolute Gasteiger partial charge is 0.307 e. The predicted molar refractivity (Wildman–Crippen MR) is 83.9 cm³/mol. The van der Waals surface area contributed by atoms with Crippen molar-refractivity contribution in [3.63, 3.8) is 0 Å². The van der Waals surface area contributed by atoms with Gasteiger partial charge in [-0.1, -0.05) is 11.6 Å². The summed E-state index contributed by atoms with van der Waals surface area (Å²) in [6, 6.07) is 2.92. The number of aliphatic carboxylic acids is 1. The lowest BCUT2D eigenvalue weighted by molar-refractivity contribution is -0.139. The first-order valence-corrected chi connectivity index (χ1v) is 7.27. The molecule has 124 valence electrons. The van der Waals surface area contributed by atoms with Crippen molar-refractivity contribution < 1.29 is 24.2 Å². The summed E-state index contributed by atoms with van der Waals surface area (Å²) in [5.74, 6) is -2.80. The van der Waals surface area contributed by atoms with Crippen molar-refractivity contribution in [1.29, 1.82) is 0 Å². The van der Waals surface area contributed by atoms with Crippen LogP contribution < -0.4 is 10.1 Å². The third-order valence-electron chi connectivity index (χ3n) is 3.60. The van der Waals surface area contributed by atoms with Crippen LogP contribution in [-0.4, -0.2) is 49.0 Å². The van der Waals surface area contributed by atoms with E-state index in [1.807, 2.05) is 0 Å². The monoisotopic (exact) mass is 340 g/mol. The zero-order valence-corrected chi connectivity index (χ0v) is 13.7. The van der Waals surface area contributed by atoms with Crippen LogP contribution in [-0.2, 0) is 9.59 Å². The Bertz CT molecular complexity index is 674.